The average Bonchev–Trinajstić information content (AvgIpc) is 2.41. The maximum atomic E-state index is 9.61. The molecule has 0 spiro atoms. The number of hydrogen-bond acceptors (Lipinski definition) is 3. The molecule has 0 radical (unpaired) electrons. The lowest BCUT2D eigenvalue weighted by Crippen LogP contribution is -2.35. The van der Waals surface area contributed by atoms with Crippen LogP contribution in [-0.2, 0) is 5.54 Å². The van der Waals surface area contributed by atoms with Crippen LogP contribution in [-0.4, -0.2) is 16.7 Å². The van der Waals surface area contributed by atoms with Gasteiger partial charge in [-0.15, -0.1) is 0 Å². The van der Waals surface area contributed by atoms with Crippen LogP contribution in [0.5, 0.6) is 0 Å². The van der Waals surface area contributed by atoms with Crippen molar-refractivity contribution in [2.45, 2.75) is 12.5 Å². The molecule has 0 aliphatic heterocycles. The molecule has 1 atom stereocenters. The lowest BCUT2D eigenvalue weighted by atomic mass is 9.94. The van der Waals surface area contributed by atoms with Crippen LogP contribution in [0.3, 0.4) is 0 Å². The highest BCUT2D eigenvalue weighted by molar-refractivity contribution is 5.47. The van der Waals surface area contributed by atoms with Crippen molar-refractivity contribution in [1.29, 1.82) is 0 Å². The third-order valence-electron chi connectivity index (χ3n) is 2.81. The molecule has 0 aliphatic carbocycles. The highest BCUT2D eigenvalue weighted by Gasteiger charge is 2.25. The number of para-hydroxylation sites is 1. The number of rotatable bonds is 4. The SMILES string of the molecule is CC(CO)(Nc1ccccc1)c1cccnc1. The van der Waals surface area contributed by atoms with Crippen LogP contribution < -0.4 is 5.32 Å². The van der Waals surface area contributed by atoms with Crippen molar-refractivity contribution in [2.75, 3.05) is 11.9 Å². The van der Waals surface area contributed by atoms with Crippen LogP contribution in [0.4, 0.5) is 5.69 Å². The summed E-state index contributed by atoms with van der Waals surface area (Å²) in [6.45, 7) is 1.96. The topological polar surface area (TPSA) is 45.1 Å². The molecule has 2 N–H and O–H groups in total. The fraction of sp³-hybridized carbons (Fsp3) is 0.214. The van der Waals surface area contributed by atoms with E-state index in [9.17, 15) is 5.11 Å². The van der Waals surface area contributed by atoms with Crippen LogP contribution in [0.25, 0.3) is 0 Å². The van der Waals surface area contributed by atoms with Crippen molar-refractivity contribution in [3.8, 4) is 0 Å². The Morgan fingerprint density at radius 2 is 1.94 bits per heavy atom. The number of nitrogens with one attached hydrogen (secondary N) is 1. The van der Waals surface area contributed by atoms with Crippen molar-refractivity contribution in [2.24, 2.45) is 0 Å². The quantitative estimate of drug-likeness (QED) is 0.844. The van der Waals surface area contributed by atoms with Gasteiger partial charge in [0.2, 0.25) is 0 Å². The molecular weight excluding hydrogens is 212 g/mol. The van der Waals surface area contributed by atoms with E-state index in [4.69, 9.17) is 0 Å². The van der Waals surface area contributed by atoms with Gasteiger partial charge in [-0.3, -0.25) is 4.98 Å². The summed E-state index contributed by atoms with van der Waals surface area (Å²) in [5.41, 5.74) is 1.43. The molecular formula is C14H16N2O. The number of benzene rings is 1. The predicted molar refractivity (Wildman–Crippen MR) is 68.7 cm³/mol. The Morgan fingerprint density at radius 1 is 1.18 bits per heavy atom. The van der Waals surface area contributed by atoms with Gasteiger partial charge in [0.1, 0.15) is 0 Å². The molecule has 1 aromatic heterocycles. The summed E-state index contributed by atoms with van der Waals surface area (Å²) in [7, 11) is 0. The lowest BCUT2D eigenvalue weighted by molar-refractivity contribution is 0.224. The van der Waals surface area contributed by atoms with Gasteiger partial charge in [0, 0.05) is 18.1 Å². The highest BCUT2D eigenvalue weighted by atomic mass is 16.3. The second-order valence-electron chi connectivity index (χ2n) is 4.22. The van der Waals surface area contributed by atoms with Gasteiger partial charge >= 0.3 is 0 Å². The number of aromatic nitrogens is 1. The van der Waals surface area contributed by atoms with Crippen molar-refractivity contribution in [1.82, 2.24) is 4.98 Å². The van der Waals surface area contributed by atoms with E-state index >= 15 is 0 Å². The van der Waals surface area contributed by atoms with Gasteiger partial charge in [-0.05, 0) is 30.7 Å². The molecule has 2 aromatic rings. The lowest BCUT2D eigenvalue weighted by Gasteiger charge is -2.30. The van der Waals surface area contributed by atoms with Crippen LogP contribution >= 0.6 is 0 Å². The number of aliphatic hydroxyl groups excluding tert-OH is 1. The monoisotopic (exact) mass is 228 g/mol. The summed E-state index contributed by atoms with van der Waals surface area (Å²) in [6.07, 6.45) is 3.50. The number of nitrogens with zero attached hydrogens (tertiary/aromatic N) is 1. The van der Waals surface area contributed by atoms with Gasteiger partial charge in [0.25, 0.3) is 0 Å². The minimum Gasteiger partial charge on any atom is -0.394 e. The third-order valence-corrected chi connectivity index (χ3v) is 2.81. The van der Waals surface area contributed by atoms with Crippen LogP contribution in [0.2, 0.25) is 0 Å². The zero-order valence-corrected chi connectivity index (χ0v) is 9.80. The number of hydrogen-bond donors (Lipinski definition) is 2. The van der Waals surface area contributed by atoms with E-state index in [1.54, 1.807) is 12.4 Å². The molecule has 0 amide bonds. The van der Waals surface area contributed by atoms with Crippen LogP contribution in [0.1, 0.15) is 12.5 Å². The molecule has 2 rings (SSSR count). The maximum absolute atomic E-state index is 9.61. The molecule has 88 valence electrons. The first-order chi connectivity index (χ1) is 8.24. The molecule has 0 saturated heterocycles. The molecule has 0 bridgehead atoms. The van der Waals surface area contributed by atoms with Crippen molar-refractivity contribution < 1.29 is 5.11 Å². The zero-order chi connectivity index (χ0) is 12.1. The molecule has 0 saturated carbocycles. The Bertz CT molecular complexity index is 458. The van der Waals surface area contributed by atoms with Gasteiger partial charge in [0.05, 0.1) is 12.1 Å². The van der Waals surface area contributed by atoms with E-state index in [0.717, 1.165) is 11.3 Å². The van der Waals surface area contributed by atoms with Gasteiger partial charge in [-0.1, -0.05) is 24.3 Å². The Kier molecular flexibility index (Phi) is 3.40. The summed E-state index contributed by atoms with van der Waals surface area (Å²) < 4.78 is 0. The Labute approximate surface area is 101 Å². The van der Waals surface area contributed by atoms with E-state index in [1.165, 1.54) is 0 Å². The van der Waals surface area contributed by atoms with Gasteiger partial charge in [0.15, 0.2) is 0 Å². The molecule has 0 aliphatic rings. The van der Waals surface area contributed by atoms with E-state index < -0.39 is 5.54 Å². The summed E-state index contributed by atoms with van der Waals surface area (Å²) in [4.78, 5) is 4.09. The first-order valence-electron chi connectivity index (χ1n) is 5.59. The minimum atomic E-state index is -0.518. The number of anilines is 1. The first kappa shape index (κ1) is 11.6. The van der Waals surface area contributed by atoms with E-state index in [2.05, 4.69) is 10.3 Å². The zero-order valence-electron chi connectivity index (χ0n) is 9.80. The van der Waals surface area contributed by atoms with Crippen molar-refractivity contribution in [3.63, 3.8) is 0 Å². The smallest absolute Gasteiger partial charge is 0.0843 e. The van der Waals surface area contributed by atoms with E-state index in [0.29, 0.717) is 0 Å². The fourth-order valence-electron chi connectivity index (χ4n) is 1.73. The summed E-state index contributed by atoms with van der Waals surface area (Å²) in [5.74, 6) is 0. The highest BCUT2D eigenvalue weighted by Crippen LogP contribution is 2.24. The molecule has 3 nitrogen and oxygen atoms in total. The molecule has 1 heterocycles. The van der Waals surface area contributed by atoms with Crippen molar-refractivity contribution >= 4 is 5.69 Å². The second kappa shape index (κ2) is 4.97. The standard InChI is InChI=1S/C14H16N2O/c1-14(11-17,12-6-5-9-15-10-12)16-13-7-3-2-4-8-13/h2-10,16-17H,11H2,1H3. The Morgan fingerprint density at radius 3 is 2.53 bits per heavy atom. The predicted octanol–water partition coefficient (Wildman–Crippen LogP) is 2.40. The molecule has 3 heteroatoms. The number of aliphatic hydroxyl groups is 1. The fourth-order valence-corrected chi connectivity index (χ4v) is 1.73. The van der Waals surface area contributed by atoms with Crippen LogP contribution in [0, 0.1) is 0 Å². The van der Waals surface area contributed by atoms with Gasteiger partial charge < -0.3 is 10.4 Å². The van der Waals surface area contributed by atoms with Gasteiger partial charge in [-0.2, -0.15) is 0 Å². The summed E-state index contributed by atoms with van der Waals surface area (Å²) >= 11 is 0. The Hall–Kier alpha value is -1.87. The first-order valence-corrected chi connectivity index (χ1v) is 5.59. The molecule has 1 unspecified atom stereocenters. The maximum Gasteiger partial charge on any atom is 0.0843 e. The second-order valence-corrected chi connectivity index (χ2v) is 4.22. The molecule has 0 fully saturated rings. The third kappa shape index (κ3) is 2.63. The van der Waals surface area contributed by atoms with Gasteiger partial charge in [-0.25, -0.2) is 0 Å². The number of pyridine rings is 1. The van der Waals surface area contributed by atoms with Crippen molar-refractivity contribution in [3.05, 3.63) is 60.4 Å². The minimum absolute atomic E-state index is 0.00753. The summed E-state index contributed by atoms with van der Waals surface area (Å²) in [5, 5.41) is 12.9. The summed E-state index contributed by atoms with van der Waals surface area (Å²) in [6, 6.07) is 13.7. The van der Waals surface area contributed by atoms with Crippen LogP contribution in [0.15, 0.2) is 54.9 Å². The van der Waals surface area contributed by atoms with E-state index in [1.807, 2.05) is 49.4 Å². The largest absolute Gasteiger partial charge is 0.394 e. The molecule has 1 aromatic carbocycles. The van der Waals surface area contributed by atoms with E-state index in [-0.39, 0.29) is 6.61 Å². The average molecular weight is 228 g/mol. The Balaban J connectivity index is 2.27. The normalized spacial score (nSPS) is 14.0. The molecule has 17 heavy (non-hydrogen) atoms.